The number of rotatable bonds is 17. The zero-order valence-corrected chi connectivity index (χ0v) is 26.5. The number of halogens is 10. The van der Waals surface area contributed by atoms with Crippen molar-refractivity contribution in [2.24, 2.45) is 5.92 Å². The summed E-state index contributed by atoms with van der Waals surface area (Å²) < 4.78 is 145. The van der Waals surface area contributed by atoms with Gasteiger partial charge in [0, 0.05) is 18.1 Å². The van der Waals surface area contributed by atoms with Crippen LogP contribution in [0.1, 0.15) is 43.2 Å². The first-order valence-electron chi connectivity index (χ1n) is 15.1. The number of benzene rings is 2. The van der Waals surface area contributed by atoms with Crippen LogP contribution in [-0.2, 0) is 15.1 Å². The van der Waals surface area contributed by atoms with Crippen molar-refractivity contribution < 1.29 is 68.1 Å². The molecule has 0 bridgehead atoms. The zero-order valence-electron chi connectivity index (χ0n) is 26.5. The van der Waals surface area contributed by atoms with Gasteiger partial charge in [0.15, 0.2) is 11.6 Å². The second-order valence-electron chi connectivity index (χ2n) is 11.3. The van der Waals surface area contributed by atoms with Crippen LogP contribution < -0.4 is 14.8 Å². The van der Waals surface area contributed by atoms with E-state index in [1.807, 2.05) is 0 Å². The van der Waals surface area contributed by atoms with E-state index in [-0.39, 0.29) is 37.9 Å². The van der Waals surface area contributed by atoms with Gasteiger partial charge in [-0.2, -0.15) is 30.7 Å². The molecular weight excluding hydrogens is 704 g/mol. The van der Waals surface area contributed by atoms with E-state index in [0.717, 1.165) is 30.3 Å². The number of alkyl halides is 7. The monoisotopic (exact) mass is 735 g/mol. The zero-order chi connectivity index (χ0) is 38.0. The predicted molar refractivity (Wildman–Crippen MR) is 165 cm³/mol. The molecule has 2 atom stereocenters. The van der Waals surface area contributed by atoms with E-state index in [0.29, 0.717) is 24.6 Å². The van der Waals surface area contributed by atoms with Crippen LogP contribution in [0.2, 0.25) is 0 Å². The largest absolute Gasteiger partial charge is 0.491 e. The second kappa shape index (κ2) is 17.3. The number of nitrogens with one attached hydrogen (secondary N) is 1. The molecule has 276 valence electrons. The molecule has 0 heterocycles. The standard InChI is InChI=1S/C35H31F10NO5/c1-21(10-12-25(36)20-34(41,42)43)31(49)46-33(19-22-7-3-2-4-8-22,24-15-26(37)18-27(16-24)51-35(44,45)32(39)40)23-11-13-28(38)29(17-23)50-14-6-5-9-30(47)48/h2-4,7,10-13,15-18,20,22,32H,1,5-6,8-9,14,19H2,(H,46,49)(H,47,48)/t22?,33-/m1/s1. The first-order valence-corrected chi connectivity index (χ1v) is 15.1. The van der Waals surface area contributed by atoms with Crippen molar-refractivity contribution in [2.75, 3.05) is 6.61 Å². The van der Waals surface area contributed by atoms with Crippen molar-refractivity contribution in [1.29, 1.82) is 0 Å². The van der Waals surface area contributed by atoms with Crippen LogP contribution >= 0.6 is 0 Å². The van der Waals surface area contributed by atoms with Gasteiger partial charge in [-0.25, -0.2) is 13.2 Å². The highest BCUT2D eigenvalue weighted by molar-refractivity contribution is 5.96. The molecule has 2 aromatic rings. The van der Waals surface area contributed by atoms with E-state index < -0.39 is 88.2 Å². The SMILES string of the molecule is C=C(C=CC(F)=CC(F)(F)F)C(=O)N[C@@](CC1C=CC=CC1)(c1cc(F)cc(OC(F)(F)C(F)F)c1)c1ccc(F)c(OCCCCC(=O)O)c1. The van der Waals surface area contributed by atoms with Crippen LogP contribution in [0, 0.1) is 17.6 Å². The summed E-state index contributed by atoms with van der Waals surface area (Å²) in [7, 11) is 0. The Morgan fingerprint density at radius 3 is 2.35 bits per heavy atom. The maximum atomic E-state index is 15.2. The number of aliphatic carboxylic acids is 1. The molecule has 2 aromatic carbocycles. The molecule has 6 nitrogen and oxygen atoms in total. The Bertz CT molecular complexity index is 1700. The summed E-state index contributed by atoms with van der Waals surface area (Å²) in [5, 5.41) is 11.4. The minimum atomic E-state index is -5.08. The number of hydrogen-bond acceptors (Lipinski definition) is 4. The molecule has 3 rings (SSSR count). The van der Waals surface area contributed by atoms with E-state index in [2.05, 4.69) is 16.6 Å². The van der Waals surface area contributed by atoms with Crippen LogP contribution in [0.25, 0.3) is 0 Å². The molecule has 0 saturated heterocycles. The average molecular weight is 736 g/mol. The Balaban J connectivity index is 2.22. The van der Waals surface area contributed by atoms with Gasteiger partial charge in [-0.3, -0.25) is 9.59 Å². The van der Waals surface area contributed by atoms with Crippen LogP contribution in [0.3, 0.4) is 0 Å². The molecule has 2 N–H and O–H groups in total. The molecule has 1 unspecified atom stereocenters. The van der Waals surface area contributed by atoms with Crippen LogP contribution in [0.5, 0.6) is 11.5 Å². The fourth-order valence-corrected chi connectivity index (χ4v) is 5.02. The van der Waals surface area contributed by atoms with Gasteiger partial charge in [0.25, 0.3) is 5.91 Å². The Kier molecular flexibility index (Phi) is 13.7. The van der Waals surface area contributed by atoms with Gasteiger partial charge in [-0.05, 0) is 79.1 Å². The Labute approximate surface area is 285 Å². The fourth-order valence-electron chi connectivity index (χ4n) is 5.02. The van der Waals surface area contributed by atoms with Crippen LogP contribution in [0.15, 0.2) is 96.9 Å². The molecule has 0 aromatic heterocycles. The van der Waals surface area contributed by atoms with Crippen molar-refractivity contribution in [3.05, 3.63) is 120 Å². The highest BCUT2D eigenvalue weighted by Crippen LogP contribution is 2.42. The quantitative estimate of drug-likeness (QED) is 0.0733. The highest BCUT2D eigenvalue weighted by Gasteiger charge is 2.45. The molecule has 0 aliphatic heterocycles. The normalized spacial score (nSPS) is 16.3. The van der Waals surface area contributed by atoms with E-state index in [9.17, 15) is 44.7 Å². The molecule has 16 heteroatoms. The molecule has 0 saturated carbocycles. The van der Waals surface area contributed by atoms with Gasteiger partial charge in [-0.15, -0.1) is 0 Å². The van der Waals surface area contributed by atoms with E-state index in [1.165, 1.54) is 0 Å². The summed E-state index contributed by atoms with van der Waals surface area (Å²) in [6.07, 6.45) is -7.40. The summed E-state index contributed by atoms with van der Waals surface area (Å²) in [5.74, 6) is -8.36. The van der Waals surface area contributed by atoms with Gasteiger partial charge >= 0.3 is 24.7 Å². The number of ether oxygens (including phenoxy) is 2. The number of carbonyl (C=O) groups excluding carboxylic acids is 1. The van der Waals surface area contributed by atoms with Crippen molar-refractivity contribution >= 4 is 11.9 Å². The lowest BCUT2D eigenvalue weighted by Crippen LogP contribution is -2.48. The molecule has 1 amide bonds. The topological polar surface area (TPSA) is 84.9 Å². The third kappa shape index (κ3) is 12.1. The Morgan fingerprint density at radius 1 is 1.00 bits per heavy atom. The smallest absolute Gasteiger partial charge is 0.461 e. The lowest BCUT2D eigenvalue weighted by molar-refractivity contribution is -0.253. The van der Waals surface area contributed by atoms with E-state index >= 15 is 8.78 Å². The second-order valence-corrected chi connectivity index (χ2v) is 11.3. The summed E-state index contributed by atoms with van der Waals surface area (Å²) in [6, 6.07) is 4.98. The van der Waals surface area contributed by atoms with Crippen molar-refractivity contribution in [2.45, 2.75) is 56.4 Å². The molecule has 0 radical (unpaired) electrons. The van der Waals surface area contributed by atoms with Gasteiger partial charge in [-0.1, -0.05) is 36.9 Å². The van der Waals surface area contributed by atoms with Crippen molar-refractivity contribution in [3.63, 3.8) is 0 Å². The lowest BCUT2D eigenvalue weighted by Gasteiger charge is -2.39. The maximum Gasteiger partial charge on any atom is 0.461 e. The number of carboxylic acids is 1. The predicted octanol–water partition coefficient (Wildman–Crippen LogP) is 9.25. The summed E-state index contributed by atoms with van der Waals surface area (Å²) >= 11 is 0. The molecule has 1 aliphatic carbocycles. The number of carbonyl (C=O) groups is 2. The van der Waals surface area contributed by atoms with Crippen LogP contribution in [0.4, 0.5) is 43.9 Å². The Morgan fingerprint density at radius 2 is 1.73 bits per heavy atom. The number of carboxylic acid groups (broad SMARTS) is 1. The number of hydrogen-bond donors (Lipinski definition) is 2. The molecule has 51 heavy (non-hydrogen) atoms. The molecule has 1 aliphatic rings. The minimum absolute atomic E-state index is 0.0853. The highest BCUT2D eigenvalue weighted by atomic mass is 19.4. The summed E-state index contributed by atoms with van der Waals surface area (Å²) in [4.78, 5) is 24.5. The van der Waals surface area contributed by atoms with E-state index in [1.54, 1.807) is 24.3 Å². The Hall–Kier alpha value is -5.02. The van der Waals surface area contributed by atoms with Gasteiger partial charge < -0.3 is 19.9 Å². The average Bonchev–Trinajstić information content (AvgIpc) is 3.02. The number of allylic oxidation sites excluding steroid dienone is 7. The minimum Gasteiger partial charge on any atom is -0.491 e. The first kappa shape index (κ1) is 40.4. The lowest BCUT2D eigenvalue weighted by atomic mass is 9.74. The fraction of sp³-hybridized carbons (Fsp3) is 0.314. The number of amides is 1. The van der Waals surface area contributed by atoms with Crippen LogP contribution in [-0.4, -0.2) is 42.3 Å². The maximum absolute atomic E-state index is 15.2. The third-order valence-electron chi connectivity index (χ3n) is 7.34. The first-order chi connectivity index (χ1) is 23.8. The van der Waals surface area contributed by atoms with Gasteiger partial charge in [0.1, 0.15) is 17.4 Å². The van der Waals surface area contributed by atoms with Gasteiger partial charge in [0.05, 0.1) is 18.2 Å². The van der Waals surface area contributed by atoms with Crippen molar-refractivity contribution in [3.8, 4) is 11.5 Å². The molecular formula is C35H31F10NO5. The third-order valence-corrected chi connectivity index (χ3v) is 7.34. The van der Waals surface area contributed by atoms with Crippen molar-refractivity contribution in [1.82, 2.24) is 5.32 Å². The number of unbranched alkanes of at least 4 members (excludes halogenated alkanes) is 1. The summed E-state index contributed by atoms with van der Waals surface area (Å²) in [6.45, 7) is 3.26. The van der Waals surface area contributed by atoms with E-state index in [4.69, 9.17) is 9.84 Å². The van der Waals surface area contributed by atoms with Gasteiger partial charge in [0.2, 0.25) is 0 Å². The molecule has 0 fully saturated rings. The summed E-state index contributed by atoms with van der Waals surface area (Å²) in [5.41, 5.74) is -3.22. The molecule has 0 spiro atoms.